The average molecular weight is 732 g/mol. The van der Waals surface area contributed by atoms with Crippen LogP contribution in [0.5, 0.6) is 5.75 Å². The van der Waals surface area contributed by atoms with E-state index < -0.39 is 27.9 Å². The van der Waals surface area contributed by atoms with E-state index in [0.717, 1.165) is 40.3 Å². The topological polar surface area (TPSA) is 112 Å². The zero-order valence-electron chi connectivity index (χ0n) is 31.0. The Bertz CT molecular complexity index is 1790. The van der Waals surface area contributed by atoms with Gasteiger partial charge in [0.15, 0.2) is 0 Å². The second kappa shape index (κ2) is 15.7. The molecule has 1 amide bonds. The van der Waals surface area contributed by atoms with Gasteiger partial charge in [-0.25, -0.2) is 4.79 Å². The molecule has 7 rings (SSSR count). The highest BCUT2D eigenvalue weighted by molar-refractivity contribution is 7.85. The number of amides is 1. The minimum atomic E-state index is -4.40. The summed E-state index contributed by atoms with van der Waals surface area (Å²) in [6.45, 7) is 8.70. The van der Waals surface area contributed by atoms with Gasteiger partial charge >= 0.3 is 6.09 Å². The summed E-state index contributed by atoms with van der Waals surface area (Å²) in [7, 11) is -2.70. The highest BCUT2D eigenvalue weighted by atomic mass is 32.2. The third-order valence-corrected chi connectivity index (χ3v) is 11.7. The molecule has 1 N–H and O–H groups in total. The lowest BCUT2D eigenvalue weighted by molar-refractivity contribution is -0.00605. The number of hydrogen-bond donors (Lipinski definition) is 1. The zero-order valence-corrected chi connectivity index (χ0v) is 31.9. The summed E-state index contributed by atoms with van der Waals surface area (Å²) in [6.07, 6.45) is 10.6. The number of rotatable bonds is 14. The highest BCUT2D eigenvalue weighted by Crippen LogP contribution is 2.61. The first-order valence-corrected chi connectivity index (χ1v) is 19.9. The molecule has 3 aromatic carbocycles. The van der Waals surface area contributed by atoms with E-state index in [1.54, 1.807) is 13.1 Å². The van der Waals surface area contributed by atoms with Crippen molar-refractivity contribution in [2.24, 2.45) is 17.8 Å². The molecule has 1 atom stereocenters. The Morgan fingerprint density at radius 3 is 1.98 bits per heavy atom. The molecule has 0 aliphatic heterocycles. The fourth-order valence-corrected chi connectivity index (χ4v) is 9.46. The highest BCUT2D eigenvalue weighted by Gasteiger charge is 2.51. The number of nitrogens with zero attached hydrogens (tertiary/aromatic N) is 1. The molecule has 4 aliphatic carbocycles. The number of ether oxygens (including phenoxy) is 4. The van der Waals surface area contributed by atoms with Crippen molar-refractivity contribution >= 4 is 34.1 Å². The number of carbonyl (C=O) groups excluding carboxylic acids is 1. The molecule has 10 heteroatoms. The van der Waals surface area contributed by atoms with Gasteiger partial charge < -0.3 is 18.9 Å². The van der Waals surface area contributed by atoms with Gasteiger partial charge in [-0.1, -0.05) is 48.6 Å². The van der Waals surface area contributed by atoms with E-state index in [1.165, 1.54) is 49.0 Å². The van der Waals surface area contributed by atoms with Gasteiger partial charge in [0.2, 0.25) is 0 Å². The molecule has 280 valence electrons. The standard InChI is InChI=1S/C42H53NO8S/c1-29(38-25-35(12-17-39(38)52(45,46)47)42-26-32-22-33(27-42)24-34(23-32)28-42)49-20-18-48-19-21-50-37-15-10-31(11-16-37)7-6-30-8-13-36(14-9-30)43(5)40(44)51-41(2,3)4/h6-17,25,29,32-34H,18-24,26-28H2,1-5H3,(H,45,46,47)/b7-6+. The summed E-state index contributed by atoms with van der Waals surface area (Å²) >= 11 is 0. The van der Waals surface area contributed by atoms with Crippen molar-refractivity contribution in [3.05, 3.63) is 89.0 Å². The first-order valence-electron chi connectivity index (χ1n) is 18.5. The van der Waals surface area contributed by atoms with Gasteiger partial charge in [-0.3, -0.25) is 9.45 Å². The lowest BCUT2D eigenvalue weighted by Crippen LogP contribution is -2.48. The molecule has 52 heavy (non-hydrogen) atoms. The minimum Gasteiger partial charge on any atom is -0.491 e. The molecule has 4 fully saturated rings. The van der Waals surface area contributed by atoms with E-state index in [1.807, 2.05) is 101 Å². The molecule has 0 aromatic heterocycles. The lowest BCUT2D eigenvalue weighted by Gasteiger charge is -2.57. The Kier molecular flexibility index (Phi) is 11.5. The quantitative estimate of drug-likeness (QED) is 0.0993. The maximum absolute atomic E-state index is 12.3. The average Bonchev–Trinajstić information content (AvgIpc) is 3.08. The fourth-order valence-electron chi connectivity index (χ4n) is 8.70. The maximum Gasteiger partial charge on any atom is 0.414 e. The van der Waals surface area contributed by atoms with Gasteiger partial charge in [0.25, 0.3) is 10.1 Å². The summed E-state index contributed by atoms with van der Waals surface area (Å²) < 4.78 is 57.7. The van der Waals surface area contributed by atoms with Crippen LogP contribution in [0.1, 0.15) is 94.6 Å². The van der Waals surface area contributed by atoms with Gasteiger partial charge in [-0.15, -0.1) is 0 Å². The number of carbonyl (C=O) groups is 1. The minimum absolute atomic E-state index is 0.0804. The van der Waals surface area contributed by atoms with E-state index in [4.69, 9.17) is 18.9 Å². The van der Waals surface area contributed by atoms with Crippen LogP contribution in [0.15, 0.2) is 71.6 Å². The van der Waals surface area contributed by atoms with E-state index >= 15 is 0 Å². The molecule has 1 unspecified atom stereocenters. The van der Waals surface area contributed by atoms with Crippen LogP contribution in [0, 0.1) is 17.8 Å². The molecule has 3 aromatic rings. The lowest BCUT2D eigenvalue weighted by atomic mass is 9.48. The molecule has 4 aliphatic rings. The molecular weight excluding hydrogens is 679 g/mol. The number of hydrogen-bond acceptors (Lipinski definition) is 7. The van der Waals surface area contributed by atoms with Crippen LogP contribution < -0.4 is 9.64 Å². The van der Waals surface area contributed by atoms with Crippen LogP contribution in [-0.2, 0) is 29.7 Å². The van der Waals surface area contributed by atoms with Gasteiger partial charge in [-0.05, 0) is 136 Å². The maximum atomic E-state index is 12.3. The second-order valence-corrected chi connectivity index (χ2v) is 17.3. The Hall–Kier alpha value is -3.70. The van der Waals surface area contributed by atoms with Crippen LogP contribution in [0.2, 0.25) is 0 Å². The summed E-state index contributed by atoms with van der Waals surface area (Å²) in [4.78, 5) is 13.7. The molecule has 4 saturated carbocycles. The Morgan fingerprint density at radius 2 is 1.42 bits per heavy atom. The van der Waals surface area contributed by atoms with Crippen LogP contribution in [0.4, 0.5) is 10.5 Å². The summed E-state index contributed by atoms with van der Waals surface area (Å²) in [5.41, 5.74) is 4.03. The van der Waals surface area contributed by atoms with E-state index in [0.29, 0.717) is 25.4 Å². The van der Waals surface area contributed by atoms with Crippen LogP contribution in [0.3, 0.4) is 0 Å². The van der Waals surface area contributed by atoms with Crippen molar-refractivity contribution in [3.63, 3.8) is 0 Å². The van der Waals surface area contributed by atoms with E-state index in [-0.39, 0.29) is 16.9 Å². The Balaban J connectivity index is 0.929. The van der Waals surface area contributed by atoms with Crippen molar-refractivity contribution in [3.8, 4) is 5.75 Å². The van der Waals surface area contributed by atoms with E-state index in [9.17, 15) is 17.8 Å². The van der Waals surface area contributed by atoms with Crippen LogP contribution >= 0.6 is 0 Å². The summed E-state index contributed by atoms with van der Waals surface area (Å²) in [5.74, 6) is 3.04. The predicted molar refractivity (Wildman–Crippen MR) is 203 cm³/mol. The number of benzene rings is 3. The second-order valence-electron chi connectivity index (χ2n) is 15.9. The normalized spacial score (nSPS) is 23.2. The monoisotopic (exact) mass is 731 g/mol. The fraction of sp³-hybridized carbons (Fsp3) is 0.500. The van der Waals surface area contributed by atoms with Crippen molar-refractivity contribution < 1.29 is 36.7 Å². The van der Waals surface area contributed by atoms with Crippen molar-refractivity contribution in [1.29, 1.82) is 0 Å². The van der Waals surface area contributed by atoms with Crippen molar-refractivity contribution in [2.75, 3.05) is 38.4 Å². The van der Waals surface area contributed by atoms with Crippen molar-refractivity contribution in [2.45, 2.75) is 88.2 Å². The Labute approximate surface area is 309 Å². The van der Waals surface area contributed by atoms with E-state index in [2.05, 4.69) is 0 Å². The third kappa shape index (κ3) is 9.44. The third-order valence-electron chi connectivity index (χ3n) is 10.8. The molecule has 0 saturated heterocycles. The smallest absolute Gasteiger partial charge is 0.414 e. The molecular formula is C42H53NO8S. The first kappa shape index (κ1) is 38.0. The van der Waals surface area contributed by atoms with Gasteiger partial charge in [-0.2, -0.15) is 8.42 Å². The summed E-state index contributed by atoms with van der Waals surface area (Å²) in [5, 5.41) is 0. The zero-order chi connectivity index (χ0) is 37.1. The molecule has 0 spiro atoms. The molecule has 0 heterocycles. The molecule has 0 radical (unpaired) electrons. The largest absolute Gasteiger partial charge is 0.491 e. The van der Waals surface area contributed by atoms with Gasteiger partial charge in [0.1, 0.15) is 18.0 Å². The predicted octanol–water partition coefficient (Wildman–Crippen LogP) is 9.12. The van der Waals surface area contributed by atoms with Crippen LogP contribution in [-0.4, -0.2) is 58.1 Å². The number of anilines is 1. The van der Waals surface area contributed by atoms with Crippen molar-refractivity contribution in [1.82, 2.24) is 0 Å². The summed E-state index contributed by atoms with van der Waals surface area (Å²) in [6, 6.07) is 20.9. The SMILES string of the molecule is CC(OCCOCCOc1ccc(/C=C/c2ccc(N(C)C(=O)OC(C)(C)C)cc2)cc1)c1cc(C23CC4CC(CC(C4)C2)C3)ccc1S(=O)(=O)O. The molecule has 9 nitrogen and oxygen atoms in total. The van der Waals surface area contributed by atoms with Crippen LogP contribution in [0.25, 0.3) is 12.2 Å². The molecule has 4 bridgehead atoms. The van der Waals surface area contributed by atoms with Gasteiger partial charge in [0, 0.05) is 18.3 Å². The Morgan fingerprint density at radius 1 is 0.865 bits per heavy atom. The first-order chi connectivity index (χ1) is 24.7. The van der Waals surface area contributed by atoms with Gasteiger partial charge in [0.05, 0.1) is 30.8 Å².